The molecule has 1 radical (unpaired) electrons. The second kappa shape index (κ2) is 2.67. The van der Waals surface area contributed by atoms with Crippen LogP contribution in [0, 0.1) is 6.08 Å². The molecule has 1 aromatic carbocycles. The number of allylic oxidation sites excluding steroid dienone is 1. The highest BCUT2D eigenvalue weighted by Crippen LogP contribution is 2.25. The standard InChI is InChI=1S/C11H11O/c1-8-5-9-3-4-11(12-2)7-10(9)6-8/h3-4,7H,5H2,1-2H3. The zero-order valence-electron chi connectivity index (χ0n) is 7.35. The van der Waals surface area contributed by atoms with Crippen LogP contribution in [0.1, 0.15) is 18.1 Å². The van der Waals surface area contributed by atoms with E-state index in [9.17, 15) is 0 Å². The minimum Gasteiger partial charge on any atom is -0.497 e. The van der Waals surface area contributed by atoms with Gasteiger partial charge in [0.15, 0.2) is 0 Å². The first-order valence-corrected chi connectivity index (χ1v) is 4.06. The minimum atomic E-state index is 0.913. The molecule has 0 atom stereocenters. The van der Waals surface area contributed by atoms with Crippen LogP contribution in [0.2, 0.25) is 0 Å². The van der Waals surface area contributed by atoms with Crippen molar-refractivity contribution in [3.63, 3.8) is 0 Å². The topological polar surface area (TPSA) is 9.23 Å². The highest BCUT2D eigenvalue weighted by molar-refractivity contribution is 5.45. The largest absolute Gasteiger partial charge is 0.497 e. The number of fused-ring (bicyclic) bond motifs is 1. The SMILES string of the molecule is COc1ccc2c(c1)[C]=C(C)C2. The average molecular weight is 159 g/mol. The van der Waals surface area contributed by atoms with Crippen molar-refractivity contribution in [3.05, 3.63) is 41.0 Å². The molecule has 0 saturated heterocycles. The molecule has 0 saturated carbocycles. The lowest BCUT2D eigenvalue weighted by atomic mass is 10.1. The summed E-state index contributed by atoms with van der Waals surface area (Å²) in [7, 11) is 1.69. The quantitative estimate of drug-likeness (QED) is 0.611. The molecular formula is C11H11O. The zero-order valence-corrected chi connectivity index (χ0v) is 7.35. The second-order valence-corrected chi connectivity index (χ2v) is 3.11. The molecule has 0 aliphatic heterocycles. The molecule has 0 unspecified atom stereocenters. The van der Waals surface area contributed by atoms with Crippen molar-refractivity contribution >= 4 is 0 Å². The second-order valence-electron chi connectivity index (χ2n) is 3.11. The Bertz CT molecular complexity index is 337. The van der Waals surface area contributed by atoms with Crippen LogP contribution >= 0.6 is 0 Å². The normalized spacial score (nSPS) is 14.0. The number of methoxy groups -OCH3 is 1. The number of rotatable bonds is 1. The van der Waals surface area contributed by atoms with Crippen LogP contribution in [0.25, 0.3) is 0 Å². The van der Waals surface area contributed by atoms with Crippen LogP contribution in [-0.2, 0) is 6.42 Å². The Hall–Kier alpha value is -1.24. The van der Waals surface area contributed by atoms with Gasteiger partial charge in [-0.05, 0) is 42.7 Å². The van der Waals surface area contributed by atoms with E-state index in [2.05, 4.69) is 19.1 Å². The van der Waals surface area contributed by atoms with E-state index in [1.54, 1.807) is 7.11 Å². The van der Waals surface area contributed by atoms with Crippen LogP contribution in [0.3, 0.4) is 0 Å². The predicted octanol–water partition coefficient (Wildman–Crippen LogP) is 2.35. The van der Waals surface area contributed by atoms with Crippen molar-refractivity contribution in [2.75, 3.05) is 7.11 Å². The summed E-state index contributed by atoms with van der Waals surface area (Å²) < 4.78 is 5.13. The summed E-state index contributed by atoms with van der Waals surface area (Å²) in [5.41, 5.74) is 3.85. The Labute approximate surface area is 72.7 Å². The first kappa shape index (κ1) is 7.41. The van der Waals surface area contributed by atoms with Crippen molar-refractivity contribution in [2.24, 2.45) is 0 Å². The molecule has 2 rings (SSSR count). The third-order valence-electron chi connectivity index (χ3n) is 2.12. The van der Waals surface area contributed by atoms with E-state index in [-0.39, 0.29) is 0 Å². The maximum Gasteiger partial charge on any atom is 0.119 e. The Balaban J connectivity index is 2.45. The zero-order chi connectivity index (χ0) is 8.55. The van der Waals surface area contributed by atoms with Crippen LogP contribution in [0.15, 0.2) is 23.8 Å². The molecule has 1 aliphatic carbocycles. The van der Waals surface area contributed by atoms with Gasteiger partial charge in [-0.3, -0.25) is 0 Å². The van der Waals surface area contributed by atoms with Gasteiger partial charge in [-0.25, -0.2) is 0 Å². The number of ether oxygens (including phenoxy) is 1. The van der Waals surface area contributed by atoms with Gasteiger partial charge in [0.1, 0.15) is 5.75 Å². The first-order chi connectivity index (χ1) is 5.79. The van der Waals surface area contributed by atoms with Crippen molar-refractivity contribution < 1.29 is 4.74 Å². The fourth-order valence-corrected chi connectivity index (χ4v) is 1.51. The van der Waals surface area contributed by atoms with Gasteiger partial charge in [0.2, 0.25) is 0 Å². The van der Waals surface area contributed by atoms with Gasteiger partial charge in [-0.1, -0.05) is 11.6 Å². The minimum absolute atomic E-state index is 0.913. The Kier molecular flexibility index (Phi) is 1.65. The Morgan fingerprint density at radius 3 is 3.00 bits per heavy atom. The highest BCUT2D eigenvalue weighted by atomic mass is 16.5. The van der Waals surface area contributed by atoms with Gasteiger partial charge < -0.3 is 4.74 Å². The van der Waals surface area contributed by atoms with E-state index in [1.165, 1.54) is 16.7 Å². The molecule has 0 amide bonds. The lowest BCUT2D eigenvalue weighted by Gasteiger charge is -2.01. The molecule has 0 fully saturated rings. The van der Waals surface area contributed by atoms with Gasteiger partial charge in [-0.15, -0.1) is 0 Å². The summed E-state index contributed by atoms with van der Waals surface area (Å²) in [6.45, 7) is 2.10. The highest BCUT2D eigenvalue weighted by Gasteiger charge is 2.09. The molecule has 1 nitrogen and oxygen atoms in total. The molecule has 1 heteroatoms. The summed E-state index contributed by atoms with van der Waals surface area (Å²) in [5.74, 6) is 0.913. The number of hydrogen-bond acceptors (Lipinski definition) is 1. The van der Waals surface area contributed by atoms with E-state index >= 15 is 0 Å². The van der Waals surface area contributed by atoms with Crippen LogP contribution in [0.5, 0.6) is 5.75 Å². The van der Waals surface area contributed by atoms with E-state index in [0.717, 1.165) is 12.2 Å². The molecule has 1 aromatic rings. The summed E-state index contributed by atoms with van der Waals surface area (Å²) >= 11 is 0. The Morgan fingerprint density at radius 2 is 2.25 bits per heavy atom. The molecular weight excluding hydrogens is 148 g/mol. The van der Waals surface area contributed by atoms with Crippen molar-refractivity contribution in [2.45, 2.75) is 13.3 Å². The molecule has 0 bridgehead atoms. The monoisotopic (exact) mass is 159 g/mol. The van der Waals surface area contributed by atoms with Gasteiger partial charge in [0.25, 0.3) is 0 Å². The summed E-state index contributed by atoms with van der Waals surface area (Å²) in [4.78, 5) is 0. The van der Waals surface area contributed by atoms with E-state index in [1.807, 2.05) is 12.1 Å². The molecule has 0 spiro atoms. The predicted molar refractivity (Wildman–Crippen MR) is 48.2 cm³/mol. The molecule has 0 aromatic heterocycles. The smallest absolute Gasteiger partial charge is 0.119 e. The maximum absolute atomic E-state index is 5.13. The Morgan fingerprint density at radius 1 is 1.42 bits per heavy atom. The van der Waals surface area contributed by atoms with E-state index in [4.69, 9.17) is 4.74 Å². The van der Waals surface area contributed by atoms with Crippen LogP contribution in [-0.4, -0.2) is 7.11 Å². The van der Waals surface area contributed by atoms with E-state index < -0.39 is 0 Å². The summed E-state index contributed by atoms with van der Waals surface area (Å²) in [6.07, 6.45) is 4.35. The molecule has 12 heavy (non-hydrogen) atoms. The van der Waals surface area contributed by atoms with Gasteiger partial charge in [-0.2, -0.15) is 0 Å². The fraction of sp³-hybridized carbons (Fsp3) is 0.273. The molecule has 0 heterocycles. The fourth-order valence-electron chi connectivity index (χ4n) is 1.51. The lowest BCUT2D eigenvalue weighted by Crippen LogP contribution is -1.86. The van der Waals surface area contributed by atoms with Gasteiger partial charge in [0.05, 0.1) is 7.11 Å². The van der Waals surface area contributed by atoms with Crippen molar-refractivity contribution in [1.82, 2.24) is 0 Å². The van der Waals surface area contributed by atoms with Gasteiger partial charge >= 0.3 is 0 Å². The molecule has 0 N–H and O–H groups in total. The van der Waals surface area contributed by atoms with Crippen LogP contribution in [0.4, 0.5) is 0 Å². The molecule has 61 valence electrons. The average Bonchev–Trinajstić information content (AvgIpc) is 2.43. The summed E-state index contributed by atoms with van der Waals surface area (Å²) in [6, 6.07) is 6.14. The summed E-state index contributed by atoms with van der Waals surface area (Å²) in [5, 5.41) is 0. The third-order valence-corrected chi connectivity index (χ3v) is 2.12. The van der Waals surface area contributed by atoms with Crippen LogP contribution < -0.4 is 4.74 Å². The van der Waals surface area contributed by atoms with E-state index in [0.29, 0.717) is 0 Å². The third kappa shape index (κ3) is 1.11. The first-order valence-electron chi connectivity index (χ1n) is 4.06. The van der Waals surface area contributed by atoms with Gasteiger partial charge in [0, 0.05) is 0 Å². The van der Waals surface area contributed by atoms with Crippen molar-refractivity contribution in [3.8, 4) is 5.75 Å². The molecule has 1 aliphatic rings. The van der Waals surface area contributed by atoms with Crippen molar-refractivity contribution in [1.29, 1.82) is 0 Å². The maximum atomic E-state index is 5.13. The number of hydrogen-bond donors (Lipinski definition) is 0. The number of benzene rings is 1. The lowest BCUT2D eigenvalue weighted by molar-refractivity contribution is 0.414.